The molecule has 0 aliphatic carbocycles. The fourth-order valence-electron chi connectivity index (χ4n) is 4.96. The number of ether oxygens (including phenoxy) is 1. The molecule has 5 nitrogen and oxygen atoms in total. The smallest absolute Gasteiger partial charge is 0.409 e. The summed E-state index contributed by atoms with van der Waals surface area (Å²) in [5, 5.41) is 11.9. The lowest BCUT2D eigenvalue weighted by molar-refractivity contribution is -0.0146. The normalized spacial score (nSPS) is 20.6. The number of nitrogens with zero attached hydrogens (tertiary/aromatic N) is 2. The van der Waals surface area contributed by atoms with E-state index in [1.165, 1.54) is 24.3 Å². The van der Waals surface area contributed by atoms with E-state index in [1.807, 2.05) is 0 Å². The molecule has 0 radical (unpaired) electrons. The van der Waals surface area contributed by atoms with Crippen LogP contribution in [-0.4, -0.2) is 60.3 Å². The molecule has 4 rings (SSSR count). The zero-order chi connectivity index (χ0) is 22.7. The molecule has 1 amide bonds. The predicted octanol–water partition coefficient (Wildman–Crippen LogP) is 4.14. The average Bonchev–Trinajstić information content (AvgIpc) is 3.11. The number of amides is 1. The molecule has 0 saturated carbocycles. The van der Waals surface area contributed by atoms with Gasteiger partial charge < -0.3 is 19.6 Å². The number of likely N-dealkylation sites (tertiary alicyclic amines) is 1. The Bertz CT molecular complexity index is 866. The maximum absolute atomic E-state index is 13.5. The summed E-state index contributed by atoms with van der Waals surface area (Å²) in [6, 6.07) is 11.9. The van der Waals surface area contributed by atoms with Gasteiger partial charge in [0, 0.05) is 7.05 Å². The van der Waals surface area contributed by atoms with Gasteiger partial charge in [-0.3, -0.25) is 0 Å². The maximum atomic E-state index is 13.5. The molecular formula is C25H30F2N2O3. The fourth-order valence-corrected chi connectivity index (χ4v) is 4.96. The van der Waals surface area contributed by atoms with E-state index >= 15 is 0 Å². The Morgan fingerprint density at radius 1 is 1.00 bits per heavy atom. The lowest BCUT2D eigenvalue weighted by atomic mass is 9.72. The Balaban J connectivity index is 1.40. The Morgan fingerprint density at radius 3 is 2.00 bits per heavy atom. The minimum absolute atomic E-state index is 0.0351. The predicted molar refractivity (Wildman–Crippen MR) is 117 cm³/mol. The first-order valence-electron chi connectivity index (χ1n) is 11.2. The topological polar surface area (TPSA) is 53.0 Å². The number of piperidine rings is 1. The molecule has 1 atom stereocenters. The summed E-state index contributed by atoms with van der Waals surface area (Å²) in [5.74, 6) is -0.785. The molecule has 172 valence electrons. The number of aliphatic hydroxyl groups is 1. The number of halogens is 2. The van der Waals surface area contributed by atoms with Gasteiger partial charge in [0.05, 0.1) is 6.54 Å². The Kier molecular flexibility index (Phi) is 6.76. The van der Waals surface area contributed by atoms with Gasteiger partial charge in [-0.2, -0.15) is 0 Å². The van der Waals surface area contributed by atoms with Gasteiger partial charge in [-0.15, -0.1) is 0 Å². The standard InChI is InChI=1S/C25H30F2N2O3/c1-28-17-23(32-24(28)30)3-2-14-29-15-12-20(13-16-29)25(31,18-4-8-21(26)9-5-18)19-6-10-22(27)11-7-19/h4-11,20,23,31H,2-3,12-17H2,1H3. The van der Waals surface area contributed by atoms with Gasteiger partial charge in [-0.05, 0) is 86.6 Å². The summed E-state index contributed by atoms with van der Waals surface area (Å²) in [6.45, 7) is 3.22. The molecule has 2 fully saturated rings. The minimum Gasteiger partial charge on any atom is -0.444 e. The monoisotopic (exact) mass is 444 g/mol. The summed E-state index contributed by atoms with van der Waals surface area (Å²) in [4.78, 5) is 15.4. The number of cyclic esters (lactones) is 1. The van der Waals surface area contributed by atoms with Crippen molar-refractivity contribution in [3.63, 3.8) is 0 Å². The van der Waals surface area contributed by atoms with Crippen molar-refractivity contribution in [3.8, 4) is 0 Å². The summed E-state index contributed by atoms with van der Waals surface area (Å²) in [5.41, 5.74) is -0.0666. The Hall–Kier alpha value is -2.51. The Labute approximate surface area is 187 Å². The Morgan fingerprint density at radius 2 is 1.53 bits per heavy atom. The van der Waals surface area contributed by atoms with Crippen molar-refractivity contribution < 1.29 is 23.4 Å². The number of likely N-dealkylation sites (N-methyl/N-ethyl adjacent to an activating group) is 1. The van der Waals surface area contributed by atoms with E-state index in [0.717, 1.165) is 45.3 Å². The highest BCUT2D eigenvalue weighted by atomic mass is 19.1. The SMILES string of the molecule is CN1CC(CCCN2CCC(C(O)(c3ccc(F)cc3)c3ccc(F)cc3)CC2)OC1=O. The minimum atomic E-state index is -1.31. The number of benzene rings is 2. The second kappa shape index (κ2) is 9.55. The van der Waals surface area contributed by atoms with Crippen LogP contribution in [0.15, 0.2) is 48.5 Å². The highest BCUT2D eigenvalue weighted by molar-refractivity contribution is 5.69. The average molecular weight is 445 g/mol. The van der Waals surface area contributed by atoms with Crippen LogP contribution < -0.4 is 0 Å². The second-order valence-electron chi connectivity index (χ2n) is 8.92. The molecule has 2 aliphatic rings. The molecular weight excluding hydrogens is 414 g/mol. The molecule has 0 aromatic heterocycles. The summed E-state index contributed by atoms with van der Waals surface area (Å²) < 4.78 is 32.4. The molecule has 2 aromatic rings. The van der Waals surface area contributed by atoms with E-state index in [1.54, 1.807) is 36.2 Å². The molecule has 2 aromatic carbocycles. The second-order valence-corrected chi connectivity index (χ2v) is 8.92. The van der Waals surface area contributed by atoms with E-state index in [4.69, 9.17) is 4.74 Å². The third kappa shape index (κ3) is 4.79. The third-order valence-corrected chi connectivity index (χ3v) is 6.80. The van der Waals surface area contributed by atoms with Crippen LogP contribution in [0.1, 0.15) is 36.8 Å². The van der Waals surface area contributed by atoms with Crippen LogP contribution in [0.5, 0.6) is 0 Å². The van der Waals surface area contributed by atoms with Crippen molar-refractivity contribution in [3.05, 3.63) is 71.3 Å². The van der Waals surface area contributed by atoms with E-state index in [-0.39, 0.29) is 29.7 Å². The first-order chi connectivity index (χ1) is 15.4. The van der Waals surface area contributed by atoms with E-state index in [0.29, 0.717) is 17.7 Å². The summed E-state index contributed by atoms with van der Waals surface area (Å²) >= 11 is 0. The number of rotatable bonds is 7. The van der Waals surface area contributed by atoms with Crippen LogP contribution in [0.25, 0.3) is 0 Å². The van der Waals surface area contributed by atoms with Crippen molar-refractivity contribution >= 4 is 6.09 Å². The van der Waals surface area contributed by atoms with Crippen LogP contribution in [0, 0.1) is 17.6 Å². The quantitative estimate of drug-likeness (QED) is 0.697. The number of carbonyl (C=O) groups excluding carboxylic acids is 1. The fraction of sp³-hybridized carbons (Fsp3) is 0.480. The van der Waals surface area contributed by atoms with Gasteiger partial charge in [0.25, 0.3) is 0 Å². The molecule has 0 spiro atoms. The molecule has 32 heavy (non-hydrogen) atoms. The van der Waals surface area contributed by atoms with Crippen LogP contribution in [-0.2, 0) is 10.3 Å². The largest absolute Gasteiger partial charge is 0.444 e. The molecule has 1 N–H and O–H groups in total. The lowest BCUT2D eigenvalue weighted by Gasteiger charge is -2.42. The van der Waals surface area contributed by atoms with Crippen LogP contribution in [0.3, 0.4) is 0 Å². The van der Waals surface area contributed by atoms with E-state index in [9.17, 15) is 18.7 Å². The van der Waals surface area contributed by atoms with Gasteiger partial charge in [-0.1, -0.05) is 24.3 Å². The zero-order valence-corrected chi connectivity index (χ0v) is 18.3. The maximum Gasteiger partial charge on any atom is 0.409 e. The highest BCUT2D eigenvalue weighted by Crippen LogP contribution is 2.42. The third-order valence-electron chi connectivity index (χ3n) is 6.80. The van der Waals surface area contributed by atoms with Crippen LogP contribution in [0.2, 0.25) is 0 Å². The molecule has 1 unspecified atom stereocenters. The van der Waals surface area contributed by atoms with Gasteiger partial charge in [0.15, 0.2) is 0 Å². The molecule has 2 aliphatic heterocycles. The van der Waals surface area contributed by atoms with Gasteiger partial charge in [-0.25, -0.2) is 13.6 Å². The molecule has 2 saturated heterocycles. The lowest BCUT2D eigenvalue weighted by Crippen LogP contribution is -2.44. The van der Waals surface area contributed by atoms with Crippen molar-refractivity contribution in [2.75, 3.05) is 33.2 Å². The summed E-state index contributed by atoms with van der Waals surface area (Å²) in [7, 11) is 1.75. The van der Waals surface area contributed by atoms with E-state index in [2.05, 4.69) is 4.90 Å². The number of carbonyl (C=O) groups is 1. The van der Waals surface area contributed by atoms with Crippen molar-refractivity contribution in [2.24, 2.45) is 5.92 Å². The van der Waals surface area contributed by atoms with Crippen LogP contribution >= 0.6 is 0 Å². The van der Waals surface area contributed by atoms with E-state index < -0.39 is 5.60 Å². The van der Waals surface area contributed by atoms with Gasteiger partial charge >= 0.3 is 6.09 Å². The molecule has 2 heterocycles. The zero-order valence-electron chi connectivity index (χ0n) is 18.3. The molecule has 0 bridgehead atoms. The van der Waals surface area contributed by atoms with Crippen molar-refractivity contribution in [1.82, 2.24) is 9.80 Å². The summed E-state index contributed by atoms with van der Waals surface area (Å²) in [6.07, 6.45) is 3.03. The van der Waals surface area contributed by atoms with Crippen molar-refractivity contribution in [1.29, 1.82) is 0 Å². The van der Waals surface area contributed by atoms with Gasteiger partial charge in [0.1, 0.15) is 23.3 Å². The van der Waals surface area contributed by atoms with Gasteiger partial charge in [0.2, 0.25) is 0 Å². The number of hydrogen-bond acceptors (Lipinski definition) is 4. The van der Waals surface area contributed by atoms with Crippen molar-refractivity contribution in [2.45, 2.75) is 37.4 Å². The highest BCUT2D eigenvalue weighted by Gasteiger charge is 2.41. The first kappa shape index (κ1) is 22.7. The van der Waals surface area contributed by atoms with Crippen LogP contribution in [0.4, 0.5) is 13.6 Å². The number of hydrogen-bond donors (Lipinski definition) is 1. The first-order valence-corrected chi connectivity index (χ1v) is 11.2. The molecule has 7 heteroatoms.